The van der Waals surface area contributed by atoms with Gasteiger partial charge < -0.3 is 5.32 Å². The fraction of sp³-hybridized carbons (Fsp3) is 0.219. The van der Waals surface area contributed by atoms with Crippen LogP contribution in [0, 0.1) is 28.9 Å². The molecule has 1 aliphatic carbocycles. The number of nitro benzene ring substituents is 1. The zero-order valence-electron chi connectivity index (χ0n) is 23.9. The molecule has 2 saturated heterocycles. The Balaban J connectivity index is 1.11. The lowest BCUT2D eigenvalue weighted by molar-refractivity contribution is -0.387. The van der Waals surface area contributed by atoms with Crippen LogP contribution in [0.3, 0.4) is 0 Å². The number of nitrogens with zero attached hydrogens (tertiary/aromatic N) is 4. The molecule has 0 unspecified atom stereocenters. The summed E-state index contributed by atoms with van der Waals surface area (Å²) in [6.07, 6.45) is 5.03. The first kappa shape index (κ1) is 29.4. The maximum absolute atomic E-state index is 13.1. The summed E-state index contributed by atoms with van der Waals surface area (Å²) in [7, 11) is 0. The Hall–Kier alpha value is -4.33. The third-order valence-corrected chi connectivity index (χ3v) is 11.1. The quantitative estimate of drug-likeness (QED) is 0.0995. The van der Waals surface area contributed by atoms with Gasteiger partial charge >= 0.3 is 0 Å². The van der Waals surface area contributed by atoms with Crippen molar-refractivity contribution in [2.45, 2.75) is 41.8 Å². The van der Waals surface area contributed by atoms with E-state index in [-0.39, 0.29) is 35.2 Å². The molecule has 3 amide bonds. The zero-order chi connectivity index (χ0) is 31.2. The number of nitrogens with one attached hydrogen (secondary N) is 1. The summed E-state index contributed by atoms with van der Waals surface area (Å²) in [5.74, 6) is -1.04. The SMILES string of the molecule is Cc1ccc(N=C2NC(=O)/C(=C/c3ccc(Sc4nc5ccc(N6C(=O)[C@H]7CCCC[C@@H]7C6=O)cc5s4)c([N+](=O)[O-])c3)S2)cc1. The van der Waals surface area contributed by atoms with Crippen LogP contribution in [0.25, 0.3) is 16.3 Å². The van der Waals surface area contributed by atoms with Crippen molar-refractivity contribution in [1.82, 2.24) is 10.3 Å². The minimum absolute atomic E-state index is 0.109. The molecule has 1 saturated carbocycles. The smallest absolute Gasteiger partial charge is 0.283 e. The number of aromatic nitrogens is 1. The molecule has 45 heavy (non-hydrogen) atoms. The molecule has 13 heteroatoms. The number of anilines is 1. The van der Waals surface area contributed by atoms with Crippen molar-refractivity contribution in [1.29, 1.82) is 0 Å². The molecule has 2 atom stereocenters. The lowest BCUT2D eigenvalue weighted by Gasteiger charge is -2.19. The van der Waals surface area contributed by atoms with Gasteiger partial charge in [0.15, 0.2) is 9.51 Å². The second-order valence-electron chi connectivity index (χ2n) is 11.0. The van der Waals surface area contributed by atoms with Crippen molar-refractivity contribution < 1.29 is 19.3 Å². The van der Waals surface area contributed by atoms with Crippen molar-refractivity contribution in [3.05, 3.63) is 86.8 Å². The summed E-state index contributed by atoms with van der Waals surface area (Å²) in [4.78, 5) is 61.6. The second kappa shape index (κ2) is 11.9. The van der Waals surface area contributed by atoms with Crippen LogP contribution >= 0.6 is 34.9 Å². The average molecular weight is 656 g/mol. The first-order valence-corrected chi connectivity index (χ1v) is 16.8. The molecule has 1 aromatic heterocycles. The highest BCUT2D eigenvalue weighted by Gasteiger charge is 2.48. The predicted octanol–water partition coefficient (Wildman–Crippen LogP) is 7.24. The molecule has 10 nitrogen and oxygen atoms in total. The van der Waals surface area contributed by atoms with Crippen molar-refractivity contribution in [2.24, 2.45) is 16.8 Å². The summed E-state index contributed by atoms with van der Waals surface area (Å²) < 4.78 is 1.37. The first-order chi connectivity index (χ1) is 21.7. The molecule has 0 spiro atoms. The van der Waals surface area contributed by atoms with E-state index in [0.717, 1.165) is 35.9 Å². The summed E-state index contributed by atoms with van der Waals surface area (Å²) in [5.41, 5.74) is 3.43. The van der Waals surface area contributed by atoms with Crippen LogP contribution in [0.4, 0.5) is 17.1 Å². The Labute approximate surface area is 270 Å². The van der Waals surface area contributed by atoms with Crippen molar-refractivity contribution in [3.63, 3.8) is 0 Å². The molecular weight excluding hydrogens is 631 g/mol. The van der Waals surface area contributed by atoms with E-state index in [4.69, 9.17) is 0 Å². The van der Waals surface area contributed by atoms with Crippen LogP contribution in [-0.4, -0.2) is 32.8 Å². The van der Waals surface area contributed by atoms with Gasteiger partial charge in [0.05, 0.1) is 48.2 Å². The van der Waals surface area contributed by atoms with Crippen LogP contribution < -0.4 is 10.2 Å². The third kappa shape index (κ3) is 5.78. The fourth-order valence-electron chi connectivity index (χ4n) is 5.81. The van der Waals surface area contributed by atoms with E-state index in [1.165, 1.54) is 45.8 Å². The van der Waals surface area contributed by atoms with E-state index in [2.05, 4.69) is 15.3 Å². The number of nitro groups is 1. The molecule has 4 aromatic rings. The number of aryl methyl sites for hydroxylation is 1. The van der Waals surface area contributed by atoms with E-state index in [1.54, 1.807) is 36.4 Å². The highest BCUT2D eigenvalue weighted by molar-refractivity contribution is 8.18. The fourth-order valence-corrected chi connectivity index (χ4v) is 8.79. The second-order valence-corrected chi connectivity index (χ2v) is 14.4. The summed E-state index contributed by atoms with van der Waals surface area (Å²) in [5, 5.41) is 15.2. The van der Waals surface area contributed by atoms with E-state index in [0.29, 0.717) is 41.8 Å². The molecule has 1 N–H and O–H groups in total. The molecule has 0 radical (unpaired) electrons. The Morgan fingerprint density at radius 3 is 2.47 bits per heavy atom. The van der Waals surface area contributed by atoms with Gasteiger partial charge in [0, 0.05) is 6.07 Å². The number of imide groups is 1. The molecule has 3 aliphatic rings. The highest BCUT2D eigenvalue weighted by atomic mass is 32.2. The van der Waals surface area contributed by atoms with E-state index in [9.17, 15) is 24.5 Å². The third-order valence-electron chi connectivity index (χ3n) is 8.04. The van der Waals surface area contributed by atoms with Gasteiger partial charge in [-0.1, -0.05) is 48.4 Å². The maximum atomic E-state index is 13.1. The number of aliphatic imine (C=N–C) groups is 1. The lowest BCUT2D eigenvalue weighted by Crippen LogP contribution is -2.30. The van der Waals surface area contributed by atoms with Gasteiger partial charge in [-0.05, 0) is 79.6 Å². The lowest BCUT2D eigenvalue weighted by atomic mass is 9.81. The Morgan fingerprint density at radius 2 is 1.76 bits per heavy atom. The standard InChI is InChI=1S/C32H25N5O5S3/c1-17-6-9-19(10-7-17)33-31-35-28(38)27(43-31)15-18-8-13-25(24(14-18)37(41)42)44-32-34-23-12-11-20(16-26(23)45-32)36-29(39)21-4-2-3-5-22(21)30(36)40/h6-16,21-22H,2-5H2,1H3,(H,33,35,38)/b27-15-/t21-,22-/m0/s1. The maximum Gasteiger partial charge on any atom is 0.283 e. The van der Waals surface area contributed by atoms with Gasteiger partial charge in [0.1, 0.15) is 0 Å². The molecule has 0 bridgehead atoms. The average Bonchev–Trinajstić information content (AvgIpc) is 3.67. The number of amidine groups is 1. The van der Waals surface area contributed by atoms with Crippen molar-refractivity contribution in [3.8, 4) is 0 Å². The van der Waals surface area contributed by atoms with Crippen LogP contribution in [0.1, 0.15) is 36.8 Å². The predicted molar refractivity (Wildman–Crippen MR) is 177 cm³/mol. The number of amides is 3. The number of hydrogen-bond donors (Lipinski definition) is 1. The van der Waals surface area contributed by atoms with Gasteiger partial charge in [-0.15, -0.1) is 11.3 Å². The molecule has 3 aromatic carbocycles. The number of thioether (sulfide) groups is 1. The monoisotopic (exact) mass is 655 g/mol. The molecule has 3 fully saturated rings. The van der Waals surface area contributed by atoms with Gasteiger partial charge in [0.2, 0.25) is 11.8 Å². The van der Waals surface area contributed by atoms with Crippen molar-refractivity contribution >= 4 is 91.1 Å². The van der Waals surface area contributed by atoms with Crippen molar-refractivity contribution in [2.75, 3.05) is 4.90 Å². The highest BCUT2D eigenvalue weighted by Crippen LogP contribution is 2.43. The zero-order valence-corrected chi connectivity index (χ0v) is 26.3. The molecule has 7 rings (SSSR count). The first-order valence-electron chi connectivity index (χ1n) is 14.3. The Bertz CT molecular complexity index is 1950. The number of carbonyl (C=O) groups excluding carboxylic acids is 3. The van der Waals surface area contributed by atoms with Crippen LogP contribution in [-0.2, 0) is 14.4 Å². The Morgan fingerprint density at radius 1 is 1.02 bits per heavy atom. The minimum Gasteiger partial charge on any atom is -0.300 e. The number of carbonyl (C=O) groups is 3. The largest absolute Gasteiger partial charge is 0.300 e. The minimum atomic E-state index is -0.452. The summed E-state index contributed by atoms with van der Waals surface area (Å²) in [6.45, 7) is 1.98. The normalized spacial score (nSPS) is 21.6. The van der Waals surface area contributed by atoms with E-state index >= 15 is 0 Å². The van der Waals surface area contributed by atoms with Gasteiger partial charge in [0.25, 0.3) is 11.6 Å². The van der Waals surface area contributed by atoms with Crippen LogP contribution in [0.2, 0.25) is 0 Å². The van der Waals surface area contributed by atoms with Gasteiger partial charge in [-0.3, -0.25) is 29.4 Å². The number of fused-ring (bicyclic) bond motifs is 2. The van der Waals surface area contributed by atoms with E-state index in [1.807, 2.05) is 31.2 Å². The van der Waals surface area contributed by atoms with Crippen LogP contribution in [0.5, 0.6) is 0 Å². The summed E-state index contributed by atoms with van der Waals surface area (Å²) >= 11 is 3.69. The topological polar surface area (TPSA) is 135 Å². The molecule has 226 valence electrons. The number of rotatable bonds is 6. The van der Waals surface area contributed by atoms with E-state index < -0.39 is 4.92 Å². The van der Waals surface area contributed by atoms with Gasteiger partial charge in [-0.25, -0.2) is 9.98 Å². The number of benzene rings is 3. The Kier molecular flexibility index (Phi) is 7.76. The summed E-state index contributed by atoms with van der Waals surface area (Å²) in [6, 6.07) is 17.7. The molecule has 2 aliphatic heterocycles. The molecule has 3 heterocycles. The van der Waals surface area contributed by atoms with Crippen LogP contribution in [0.15, 0.2) is 79.8 Å². The van der Waals surface area contributed by atoms with Gasteiger partial charge in [-0.2, -0.15) is 0 Å². The molecular formula is C32H25N5O5S3. The number of hydrogen-bond acceptors (Lipinski definition) is 10. The number of thiazole rings is 1.